The molecule has 0 radical (unpaired) electrons. The summed E-state index contributed by atoms with van der Waals surface area (Å²) in [5.41, 5.74) is -0.922. The van der Waals surface area contributed by atoms with E-state index in [4.69, 9.17) is 17.0 Å². The fourth-order valence-electron chi connectivity index (χ4n) is 3.85. The van der Waals surface area contributed by atoms with Gasteiger partial charge in [-0.3, -0.25) is 0 Å². The van der Waals surface area contributed by atoms with Crippen LogP contribution in [-0.2, 0) is 14.2 Å². The van der Waals surface area contributed by atoms with Crippen LogP contribution in [0.2, 0.25) is 0 Å². The van der Waals surface area contributed by atoms with Crippen molar-refractivity contribution >= 4 is 0 Å². The Labute approximate surface area is 124 Å². The number of ether oxygens (including phenoxy) is 3. The molecule has 4 nitrogen and oxygen atoms in total. The first kappa shape index (κ1) is 12.4. The molecule has 0 aromatic carbocycles. The number of epoxide rings is 2. The van der Waals surface area contributed by atoms with Gasteiger partial charge in [0.15, 0.2) is 0 Å². The fourth-order valence-corrected chi connectivity index (χ4v) is 3.85. The first-order valence-electron chi connectivity index (χ1n) is 8.69. The van der Waals surface area contributed by atoms with Gasteiger partial charge in [0.1, 0.15) is 5.60 Å². The van der Waals surface area contributed by atoms with Crippen molar-refractivity contribution in [2.75, 3.05) is 13.7 Å². The van der Waals surface area contributed by atoms with E-state index in [0.29, 0.717) is 12.5 Å². The summed E-state index contributed by atoms with van der Waals surface area (Å²) < 4.78 is 33.4. The lowest BCUT2D eigenvalue weighted by atomic mass is 9.68. The molecule has 1 saturated carbocycles. The minimum absolute atomic E-state index is 0.124. The van der Waals surface area contributed by atoms with Gasteiger partial charge in [-0.05, 0) is 38.5 Å². The molecule has 2 saturated heterocycles. The van der Waals surface area contributed by atoms with Crippen LogP contribution >= 0.6 is 0 Å². The first-order chi connectivity index (χ1) is 10.2. The molecule has 0 aromatic heterocycles. The third-order valence-corrected chi connectivity index (χ3v) is 5.21. The summed E-state index contributed by atoms with van der Waals surface area (Å²) in [7, 11) is 1.53. The molecule has 1 spiro atoms. The van der Waals surface area contributed by atoms with Crippen molar-refractivity contribution < 1.29 is 22.1 Å². The number of hydrogen-bond acceptors (Lipinski definition) is 4. The Morgan fingerprint density at radius 1 is 1.50 bits per heavy atom. The van der Waals surface area contributed by atoms with E-state index in [1.165, 1.54) is 7.11 Å². The van der Waals surface area contributed by atoms with Crippen molar-refractivity contribution in [1.29, 1.82) is 0 Å². The van der Waals surface area contributed by atoms with Crippen molar-refractivity contribution in [1.82, 2.24) is 0 Å². The molecule has 3 aliphatic rings. The van der Waals surface area contributed by atoms with Crippen molar-refractivity contribution in [3.8, 4) is 0 Å². The second kappa shape index (κ2) is 4.94. The number of aliphatic hydroxyl groups excluding tert-OH is 1. The van der Waals surface area contributed by atoms with Crippen molar-refractivity contribution in [2.24, 2.45) is 11.8 Å². The van der Waals surface area contributed by atoms with Crippen LogP contribution in [0.1, 0.15) is 49.1 Å². The van der Waals surface area contributed by atoms with E-state index in [9.17, 15) is 5.11 Å². The lowest BCUT2D eigenvalue weighted by Crippen LogP contribution is -2.54. The average Bonchev–Trinajstić information content (AvgIpc) is 3.30. The fraction of sp³-hybridized carbons (Fsp3) is 1.00. The molecular weight excluding hydrogens is 256 g/mol. The minimum Gasteiger partial charge on any atom is -0.390 e. The molecule has 116 valence electrons. The van der Waals surface area contributed by atoms with Gasteiger partial charge >= 0.3 is 0 Å². The number of hydrogen-bond donors (Lipinski definition) is 1. The predicted molar refractivity (Wildman–Crippen MR) is 75.6 cm³/mol. The van der Waals surface area contributed by atoms with Gasteiger partial charge in [0.05, 0.1) is 36.4 Å². The average molecular weight is 286 g/mol. The lowest BCUT2D eigenvalue weighted by molar-refractivity contribution is -0.116. The van der Waals surface area contributed by atoms with Gasteiger partial charge in [0, 0.05) is 9.85 Å². The number of methoxy groups -OCH3 is 1. The second-order valence-corrected chi connectivity index (χ2v) is 7.12. The van der Waals surface area contributed by atoms with Crippen LogP contribution in [0.3, 0.4) is 0 Å². The van der Waals surface area contributed by atoms with Crippen molar-refractivity contribution in [3.63, 3.8) is 0 Å². The zero-order valence-corrected chi connectivity index (χ0v) is 12.9. The van der Waals surface area contributed by atoms with Crippen LogP contribution < -0.4 is 0 Å². The molecule has 20 heavy (non-hydrogen) atoms. The zero-order valence-electron chi connectivity index (χ0n) is 14.9. The molecule has 1 aliphatic carbocycles. The molecule has 1 N–H and O–H groups in total. The maximum atomic E-state index is 10.4. The van der Waals surface area contributed by atoms with Crippen LogP contribution in [0.5, 0.6) is 0 Å². The summed E-state index contributed by atoms with van der Waals surface area (Å²) in [5.74, 6) is 0.505. The maximum absolute atomic E-state index is 10.4. The Morgan fingerprint density at radius 2 is 2.20 bits per heavy atom. The molecule has 3 rings (SSSR count). The van der Waals surface area contributed by atoms with E-state index < -0.39 is 24.2 Å². The quantitative estimate of drug-likeness (QED) is 0.787. The van der Waals surface area contributed by atoms with E-state index in [1.807, 2.05) is 0 Å². The summed E-state index contributed by atoms with van der Waals surface area (Å²) >= 11 is 0. The van der Waals surface area contributed by atoms with Gasteiger partial charge < -0.3 is 19.3 Å². The Hall–Kier alpha value is -0.160. The standard InChI is InChI=1S/C16H28O4/c1-10(2)5-6-12-15(3,20-12)14-13(18-4)11(17)7-8-16(14)9-19-16/h10-14,17H,5-9H2,1-4H3/t11-,12-,13-,14-,15-,16+/m1/s1/i7D2. The summed E-state index contributed by atoms with van der Waals surface area (Å²) in [4.78, 5) is 0. The first-order valence-corrected chi connectivity index (χ1v) is 7.69. The summed E-state index contributed by atoms with van der Waals surface area (Å²) in [6.07, 6.45) is -0.991. The van der Waals surface area contributed by atoms with E-state index in [2.05, 4.69) is 20.8 Å². The highest BCUT2D eigenvalue weighted by atomic mass is 16.6. The highest BCUT2D eigenvalue weighted by Gasteiger charge is 2.71. The Morgan fingerprint density at radius 3 is 2.75 bits per heavy atom. The topological polar surface area (TPSA) is 54.5 Å². The highest BCUT2D eigenvalue weighted by Crippen LogP contribution is 2.59. The smallest absolute Gasteiger partial charge is 0.100 e. The Balaban J connectivity index is 1.80. The molecule has 0 amide bonds. The van der Waals surface area contributed by atoms with Crippen LogP contribution in [0.4, 0.5) is 0 Å². The number of rotatable bonds is 5. The van der Waals surface area contributed by atoms with Crippen LogP contribution in [-0.4, -0.2) is 48.3 Å². The summed E-state index contributed by atoms with van der Waals surface area (Å²) in [6, 6.07) is 0. The van der Waals surface area contributed by atoms with E-state index >= 15 is 0 Å². The van der Waals surface area contributed by atoms with Crippen LogP contribution in [0.15, 0.2) is 0 Å². The van der Waals surface area contributed by atoms with Gasteiger partial charge in [-0.25, -0.2) is 0 Å². The SMILES string of the molecule is [2H]C1([2H])C[C@]2(CO2)[C@@H]([C@]2(C)O[C@@H]2CCC(C)C)[C@H](OC)[C@@H]1O. The Bertz CT molecular complexity index is 438. The van der Waals surface area contributed by atoms with Gasteiger partial charge in [0.2, 0.25) is 0 Å². The van der Waals surface area contributed by atoms with E-state index in [1.54, 1.807) is 0 Å². The normalized spacial score (nSPS) is 54.7. The molecule has 2 heterocycles. The second-order valence-electron chi connectivity index (χ2n) is 7.12. The molecule has 0 unspecified atom stereocenters. The van der Waals surface area contributed by atoms with E-state index in [-0.39, 0.29) is 24.0 Å². The van der Waals surface area contributed by atoms with Gasteiger partial charge in [-0.15, -0.1) is 0 Å². The minimum atomic E-state index is -1.69. The van der Waals surface area contributed by atoms with Gasteiger partial charge in [-0.2, -0.15) is 0 Å². The van der Waals surface area contributed by atoms with Crippen LogP contribution in [0.25, 0.3) is 0 Å². The summed E-state index contributed by atoms with van der Waals surface area (Å²) in [5, 5.41) is 10.4. The molecule has 2 aliphatic heterocycles. The molecule has 0 bridgehead atoms. The molecular formula is C16H28O4. The molecule has 4 heteroatoms. The summed E-state index contributed by atoms with van der Waals surface area (Å²) in [6.45, 7) is 6.98. The van der Waals surface area contributed by atoms with Gasteiger partial charge in [-0.1, -0.05) is 13.8 Å². The molecule has 3 fully saturated rings. The third-order valence-electron chi connectivity index (χ3n) is 5.21. The predicted octanol–water partition coefficient (Wildman–Crippen LogP) is 2.14. The monoisotopic (exact) mass is 286 g/mol. The van der Waals surface area contributed by atoms with Crippen molar-refractivity contribution in [2.45, 2.75) is 75.9 Å². The van der Waals surface area contributed by atoms with E-state index in [0.717, 1.165) is 12.8 Å². The zero-order chi connectivity index (χ0) is 16.3. The third kappa shape index (κ3) is 2.31. The molecule has 0 aromatic rings. The largest absolute Gasteiger partial charge is 0.390 e. The van der Waals surface area contributed by atoms with Gasteiger partial charge in [0.25, 0.3) is 0 Å². The Kier molecular flexibility index (Phi) is 3.06. The molecule has 6 atom stereocenters. The van der Waals surface area contributed by atoms with Crippen molar-refractivity contribution in [3.05, 3.63) is 0 Å². The van der Waals surface area contributed by atoms with Crippen LogP contribution in [0, 0.1) is 11.8 Å². The number of aliphatic hydroxyl groups is 1. The lowest BCUT2D eigenvalue weighted by Gasteiger charge is -2.41. The highest BCUT2D eigenvalue weighted by molar-refractivity contribution is 5.19. The maximum Gasteiger partial charge on any atom is 0.100 e.